The van der Waals surface area contributed by atoms with Crippen LogP contribution in [0.25, 0.3) is 22.8 Å². The molecule has 33 heavy (non-hydrogen) atoms. The molecule has 0 amide bonds. The number of rotatable bonds is 11. The van der Waals surface area contributed by atoms with Crippen LogP contribution in [0.2, 0.25) is 0 Å². The number of aromatic nitrogens is 3. The van der Waals surface area contributed by atoms with Crippen LogP contribution in [0.3, 0.4) is 0 Å². The van der Waals surface area contributed by atoms with Gasteiger partial charge in [-0.1, -0.05) is 32.3 Å². The van der Waals surface area contributed by atoms with Crippen LogP contribution in [0.5, 0.6) is 5.75 Å². The molecule has 7 nitrogen and oxygen atoms in total. The van der Waals surface area contributed by atoms with Crippen LogP contribution in [0.1, 0.15) is 68.5 Å². The van der Waals surface area contributed by atoms with E-state index in [9.17, 15) is 5.11 Å². The molecular weight excluding hydrogens is 418 g/mol. The van der Waals surface area contributed by atoms with Gasteiger partial charge in [0.05, 0.1) is 6.61 Å². The van der Waals surface area contributed by atoms with Gasteiger partial charge in [0.1, 0.15) is 18.5 Å². The Hall–Kier alpha value is -2.77. The molecule has 0 saturated heterocycles. The van der Waals surface area contributed by atoms with E-state index >= 15 is 0 Å². The van der Waals surface area contributed by atoms with Gasteiger partial charge < -0.3 is 19.5 Å². The summed E-state index contributed by atoms with van der Waals surface area (Å²) in [5, 5.41) is 23.0. The molecule has 1 unspecified atom stereocenters. The summed E-state index contributed by atoms with van der Waals surface area (Å²) >= 11 is 0. The van der Waals surface area contributed by atoms with Crippen molar-refractivity contribution in [3.63, 3.8) is 0 Å². The SMILES string of the molecule is CCCc1cc(-c2noc(-c3cc(C)nc(C(CC)CC)c3)n2)cc(C)c1OCC(O)CO. The minimum atomic E-state index is -0.910. The van der Waals surface area contributed by atoms with Crippen LogP contribution in [0, 0.1) is 13.8 Å². The average molecular weight is 454 g/mol. The lowest BCUT2D eigenvalue weighted by atomic mass is 9.97. The van der Waals surface area contributed by atoms with Gasteiger partial charge in [-0.15, -0.1) is 0 Å². The maximum atomic E-state index is 9.67. The van der Waals surface area contributed by atoms with E-state index in [1.165, 1.54) is 0 Å². The summed E-state index contributed by atoms with van der Waals surface area (Å²) in [6, 6.07) is 8.00. The van der Waals surface area contributed by atoms with E-state index < -0.39 is 6.10 Å². The second-order valence-corrected chi connectivity index (χ2v) is 8.54. The van der Waals surface area contributed by atoms with Crippen molar-refractivity contribution in [1.82, 2.24) is 15.1 Å². The van der Waals surface area contributed by atoms with E-state index in [0.29, 0.717) is 17.6 Å². The molecule has 0 saturated carbocycles. The van der Waals surface area contributed by atoms with Gasteiger partial charge in [-0.2, -0.15) is 4.98 Å². The van der Waals surface area contributed by atoms with Crippen molar-refractivity contribution in [2.45, 2.75) is 72.3 Å². The van der Waals surface area contributed by atoms with Gasteiger partial charge >= 0.3 is 0 Å². The lowest BCUT2D eigenvalue weighted by Gasteiger charge is -2.17. The molecule has 178 valence electrons. The lowest BCUT2D eigenvalue weighted by molar-refractivity contribution is 0.0531. The van der Waals surface area contributed by atoms with E-state index in [2.05, 4.69) is 37.0 Å². The monoisotopic (exact) mass is 453 g/mol. The van der Waals surface area contributed by atoms with E-state index in [0.717, 1.165) is 65.1 Å². The fourth-order valence-electron chi connectivity index (χ4n) is 4.06. The van der Waals surface area contributed by atoms with Crippen LogP contribution < -0.4 is 4.74 Å². The van der Waals surface area contributed by atoms with Crippen molar-refractivity contribution in [2.24, 2.45) is 0 Å². The lowest BCUT2D eigenvalue weighted by Crippen LogP contribution is -2.22. The van der Waals surface area contributed by atoms with Crippen LogP contribution in [-0.2, 0) is 6.42 Å². The Bertz CT molecular complexity index is 1060. The minimum absolute atomic E-state index is 0.0417. The zero-order valence-electron chi connectivity index (χ0n) is 20.3. The number of pyridine rings is 1. The van der Waals surface area contributed by atoms with Crippen molar-refractivity contribution >= 4 is 0 Å². The van der Waals surface area contributed by atoms with Crippen molar-refractivity contribution in [3.05, 3.63) is 46.8 Å². The topological polar surface area (TPSA) is 102 Å². The number of benzene rings is 1. The van der Waals surface area contributed by atoms with Gasteiger partial charge in [0.25, 0.3) is 5.89 Å². The molecule has 3 aromatic rings. The van der Waals surface area contributed by atoms with Crippen LogP contribution in [-0.4, -0.2) is 44.7 Å². The summed E-state index contributed by atoms with van der Waals surface area (Å²) in [5.74, 6) is 2.13. The summed E-state index contributed by atoms with van der Waals surface area (Å²) in [6.45, 7) is 10.1. The molecule has 7 heteroatoms. The first-order valence-corrected chi connectivity index (χ1v) is 11.8. The molecule has 0 aliphatic rings. The molecule has 0 spiro atoms. The number of aliphatic hydroxyl groups excluding tert-OH is 2. The third kappa shape index (κ3) is 5.97. The van der Waals surface area contributed by atoms with Gasteiger partial charge in [0.2, 0.25) is 5.82 Å². The van der Waals surface area contributed by atoms with Crippen molar-refractivity contribution in [3.8, 4) is 28.6 Å². The van der Waals surface area contributed by atoms with Crippen molar-refractivity contribution in [1.29, 1.82) is 0 Å². The second kappa shape index (κ2) is 11.4. The summed E-state index contributed by atoms with van der Waals surface area (Å²) in [6.07, 6.45) is 2.91. The predicted octanol–water partition coefficient (Wildman–Crippen LogP) is 5.00. The smallest absolute Gasteiger partial charge is 0.258 e. The third-order valence-corrected chi connectivity index (χ3v) is 5.81. The number of hydrogen-bond acceptors (Lipinski definition) is 7. The first-order valence-electron chi connectivity index (χ1n) is 11.8. The summed E-state index contributed by atoms with van der Waals surface area (Å²) in [5.41, 5.74) is 5.66. The molecule has 0 radical (unpaired) electrons. The number of aryl methyl sites for hydroxylation is 3. The number of ether oxygens (including phenoxy) is 1. The molecule has 0 bridgehead atoms. The Kier molecular flexibility index (Phi) is 8.58. The molecule has 1 atom stereocenters. The second-order valence-electron chi connectivity index (χ2n) is 8.54. The number of nitrogens with zero attached hydrogens (tertiary/aromatic N) is 3. The zero-order chi connectivity index (χ0) is 24.0. The van der Waals surface area contributed by atoms with Gasteiger partial charge in [0.15, 0.2) is 0 Å². The van der Waals surface area contributed by atoms with E-state index in [-0.39, 0.29) is 13.2 Å². The Morgan fingerprint density at radius 3 is 2.42 bits per heavy atom. The molecule has 0 fully saturated rings. The minimum Gasteiger partial charge on any atom is -0.490 e. The molecule has 0 aliphatic heterocycles. The number of aliphatic hydroxyl groups is 2. The molecule has 2 aromatic heterocycles. The van der Waals surface area contributed by atoms with E-state index in [1.54, 1.807) is 0 Å². The van der Waals surface area contributed by atoms with Crippen LogP contribution >= 0.6 is 0 Å². The Balaban J connectivity index is 1.94. The average Bonchev–Trinajstić information content (AvgIpc) is 3.29. The highest BCUT2D eigenvalue weighted by molar-refractivity contribution is 5.64. The van der Waals surface area contributed by atoms with Crippen LogP contribution in [0.15, 0.2) is 28.8 Å². The molecule has 1 aromatic carbocycles. The summed E-state index contributed by atoms with van der Waals surface area (Å²) in [4.78, 5) is 9.40. The molecule has 2 heterocycles. The zero-order valence-corrected chi connectivity index (χ0v) is 20.3. The van der Waals surface area contributed by atoms with Crippen LogP contribution in [0.4, 0.5) is 0 Å². The summed E-state index contributed by atoms with van der Waals surface area (Å²) < 4.78 is 11.5. The fraction of sp³-hybridized carbons (Fsp3) is 0.500. The molecule has 2 N–H and O–H groups in total. The Labute approximate surface area is 195 Å². The number of hydrogen-bond donors (Lipinski definition) is 2. The Morgan fingerprint density at radius 1 is 1.00 bits per heavy atom. The molecule has 0 aliphatic carbocycles. The highest BCUT2D eigenvalue weighted by Crippen LogP contribution is 2.32. The van der Waals surface area contributed by atoms with Gasteiger partial charge in [-0.05, 0) is 68.5 Å². The standard InChI is InChI=1S/C26H35N3O4/c1-6-9-19-12-20(10-16(4)24(19)32-15-22(31)14-30)25-28-26(33-29-25)21-11-17(5)27-23(13-21)18(7-2)8-3/h10-13,18,22,30-31H,6-9,14-15H2,1-5H3. The largest absolute Gasteiger partial charge is 0.490 e. The highest BCUT2D eigenvalue weighted by atomic mass is 16.5. The van der Waals surface area contributed by atoms with Gasteiger partial charge in [-0.3, -0.25) is 4.98 Å². The van der Waals surface area contributed by atoms with Gasteiger partial charge in [0, 0.05) is 28.4 Å². The Morgan fingerprint density at radius 2 is 1.76 bits per heavy atom. The maximum Gasteiger partial charge on any atom is 0.258 e. The van der Waals surface area contributed by atoms with E-state index in [4.69, 9.17) is 19.4 Å². The van der Waals surface area contributed by atoms with Gasteiger partial charge in [-0.25, -0.2) is 0 Å². The fourth-order valence-corrected chi connectivity index (χ4v) is 4.06. The van der Waals surface area contributed by atoms with Crippen molar-refractivity contribution < 1.29 is 19.5 Å². The first kappa shape index (κ1) is 24.9. The maximum absolute atomic E-state index is 9.67. The molecular formula is C26H35N3O4. The normalized spacial score (nSPS) is 12.4. The first-order chi connectivity index (χ1) is 15.9. The third-order valence-electron chi connectivity index (χ3n) is 5.81. The quantitative estimate of drug-likeness (QED) is 0.421. The van der Waals surface area contributed by atoms with Crippen molar-refractivity contribution in [2.75, 3.05) is 13.2 Å². The predicted molar refractivity (Wildman–Crippen MR) is 128 cm³/mol. The summed E-state index contributed by atoms with van der Waals surface area (Å²) in [7, 11) is 0. The highest BCUT2D eigenvalue weighted by Gasteiger charge is 2.18. The van der Waals surface area contributed by atoms with E-state index in [1.807, 2.05) is 32.0 Å². The molecule has 3 rings (SSSR count).